The molecule has 1 rings (SSSR count). The minimum atomic E-state index is 0.749. The molecule has 0 bridgehead atoms. The lowest BCUT2D eigenvalue weighted by molar-refractivity contribution is 0.309. The Morgan fingerprint density at radius 3 is 2.57 bits per heavy atom. The van der Waals surface area contributed by atoms with E-state index in [1.165, 1.54) is 5.56 Å². The monoisotopic (exact) mass is 193 g/mol. The topological polar surface area (TPSA) is 35.2 Å². The molecule has 0 atom stereocenters. The van der Waals surface area contributed by atoms with Crippen molar-refractivity contribution in [2.24, 2.45) is 0 Å². The molecule has 0 spiro atoms. The quantitative estimate of drug-likeness (QED) is 0.589. The summed E-state index contributed by atoms with van der Waals surface area (Å²) in [6, 6.07) is 4.05. The predicted molar refractivity (Wildman–Crippen MR) is 60.7 cm³/mol. The lowest BCUT2D eigenvalue weighted by atomic mass is 10.1. The Morgan fingerprint density at radius 2 is 2.00 bits per heavy atom. The van der Waals surface area contributed by atoms with Gasteiger partial charge in [0.25, 0.3) is 0 Å². The summed E-state index contributed by atoms with van der Waals surface area (Å²) >= 11 is 0. The zero-order valence-corrected chi connectivity index (χ0v) is 9.26. The number of benzene rings is 1. The molecule has 0 heterocycles. The lowest BCUT2D eigenvalue weighted by Crippen LogP contribution is -2.02. The van der Waals surface area contributed by atoms with Crippen LogP contribution in [-0.4, -0.2) is 6.61 Å². The lowest BCUT2D eigenvalue weighted by Gasteiger charge is -2.12. The van der Waals surface area contributed by atoms with Crippen LogP contribution in [0.25, 0.3) is 0 Å². The van der Waals surface area contributed by atoms with Crippen LogP contribution < -0.4 is 10.5 Å². The van der Waals surface area contributed by atoms with Crippen molar-refractivity contribution < 1.29 is 4.74 Å². The van der Waals surface area contributed by atoms with Gasteiger partial charge in [-0.3, -0.25) is 0 Å². The van der Waals surface area contributed by atoms with Crippen molar-refractivity contribution in [3.8, 4) is 5.75 Å². The predicted octanol–water partition coefficient (Wildman–Crippen LogP) is 3.06. The second kappa shape index (κ2) is 4.89. The standard InChI is InChI=1S/C12H19NO/c1-4-5-6-14-12-10(3)7-9(2)8-11(12)13/h7-8H,4-6,13H2,1-3H3. The summed E-state index contributed by atoms with van der Waals surface area (Å²) in [7, 11) is 0. The van der Waals surface area contributed by atoms with E-state index in [0.29, 0.717) is 0 Å². The molecule has 1 aromatic carbocycles. The van der Waals surface area contributed by atoms with Gasteiger partial charge in [0.2, 0.25) is 0 Å². The van der Waals surface area contributed by atoms with Crippen LogP contribution in [0.3, 0.4) is 0 Å². The van der Waals surface area contributed by atoms with E-state index in [-0.39, 0.29) is 0 Å². The third-order valence-electron chi connectivity index (χ3n) is 2.19. The molecule has 0 saturated heterocycles. The maximum atomic E-state index is 5.88. The van der Waals surface area contributed by atoms with E-state index in [1.807, 2.05) is 19.9 Å². The van der Waals surface area contributed by atoms with Gasteiger partial charge in [0.1, 0.15) is 5.75 Å². The number of unbranched alkanes of at least 4 members (excludes halogenated alkanes) is 1. The van der Waals surface area contributed by atoms with E-state index in [0.717, 1.165) is 36.4 Å². The Bertz CT molecular complexity index is 284. The molecule has 0 saturated carbocycles. The van der Waals surface area contributed by atoms with Crippen molar-refractivity contribution in [1.82, 2.24) is 0 Å². The van der Waals surface area contributed by atoms with Gasteiger partial charge in [-0.2, -0.15) is 0 Å². The zero-order valence-electron chi connectivity index (χ0n) is 9.26. The number of ether oxygens (including phenoxy) is 1. The molecule has 14 heavy (non-hydrogen) atoms. The van der Waals surface area contributed by atoms with Crippen molar-refractivity contribution in [2.75, 3.05) is 12.3 Å². The molecule has 78 valence electrons. The van der Waals surface area contributed by atoms with E-state index in [9.17, 15) is 0 Å². The Morgan fingerprint density at radius 1 is 1.29 bits per heavy atom. The first-order valence-electron chi connectivity index (χ1n) is 5.14. The van der Waals surface area contributed by atoms with E-state index in [2.05, 4.69) is 13.0 Å². The van der Waals surface area contributed by atoms with Gasteiger partial charge >= 0.3 is 0 Å². The fourth-order valence-corrected chi connectivity index (χ4v) is 1.50. The van der Waals surface area contributed by atoms with Crippen LogP contribution in [0, 0.1) is 13.8 Å². The fraction of sp³-hybridized carbons (Fsp3) is 0.500. The number of nitrogen functional groups attached to an aromatic ring is 1. The molecule has 2 N–H and O–H groups in total. The van der Waals surface area contributed by atoms with Crippen LogP contribution >= 0.6 is 0 Å². The van der Waals surface area contributed by atoms with Gasteiger partial charge in [0, 0.05) is 0 Å². The molecule has 0 aliphatic carbocycles. The van der Waals surface area contributed by atoms with Crippen molar-refractivity contribution in [1.29, 1.82) is 0 Å². The number of nitrogens with two attached hydrogens (primary N) is 1. The summed E-state index contributed by atoms with van der Waals surface area (Å²) in [4.78, 5) is 0. The highest BCUT2D eigenvalue weighted by atomic mass is 16.5. The molecule has 0 unspecified atom stereocenters. The number of rotatable bonds is 4. The van der Waals surface area contributed by atoms with E-state index >= 15 is 0 Å². The van der Waals surface area contributed by atoms with E-state index < -0.39 is 0 Å². The number of anilines is 1. The van der Waals surface area contributed by atoms with Crippen LogP contribution in [-0.2, 0) is 0 Å². The van der Waals surface area contributed by atoms with Crippen LogP contribution in [0.15, 0.2) is 12.1 Å². The molecule has 2 heteroatoms. The first-order valence-corrected chi connectivity index (χ1v) is 5.14. The summed E-state index contributed by atoms with van der Waals surface area (Å²) in [6.07, 6.45) is 2.22. The van der Waals surface area contributed by atoms with Gasteiger partial charge in [-0.1, -0.05) is 19.4 Å². The van der Waals surface area contributed by atoms with Crippen LogP contribution in [0.1, 0.15) is 30.9 Å². The summed E-state index contributed by atoms with van der Waals surface area (Å²) in [5.41, 5.74) is 8.94. The highest BCUT2D eigenvalue weighted by Gasteiger charge is 2.04. The minimum absolute atomic E-state index is 0.749. The van der Waals surface area contributed by atoms with Crippen LogP contribution in [0.2, 0.25) is 0 Å². The smallest absolute Gasteiger partial charge is 0.145 e. The van der Waals surface area contributed by atoms with Gasteiger partial charge in [-0.25, -0.2) is 0 Å². The van der Waals surface area contributed by atoms with E-state index in [1.54, 1.807) is 0 Å². The molecule has 0 aromatic heterocycles. The van der Waals surface area contributed by atoms with Gasteiger partial charge in [0.15, 0.2) is 0 Å². The molecule has 0 aliphatic heterocycles. The molecular weight excluding hydrogens is 174 g/mol. The maximum absolute atomic E-state index is 5.88. The van der Waals surface area contributed by atoms with Crippen LogP contribution in [0.5, 0.6) is 5.75 Å². The normalized spacial score (nSPS) is 10.2. The van der Waals surface area contributed by atoms with Gasteiger partial charge < -0.3 is 10.5 Å². The van der Waals surface area contributed by atoms with Crippen molar-refractivity contribution in [2.45, 2.75) is 33.6 Å². The summed E-state index contributed by atoms with van der Waals surface area (Å²) in [6.45, 7) is 6.98. The Balaban J connectivity index is 2.75. The van der Waals surface area contributed by atoms with Crippen LogP contribution in [0.4, 0.5) is 5.69 Å². The molecular formula is C12H19NO. The highest BCUT2D eigenvalue weighted by molar-refractivity contribution is 5.58. The fourth-order valence-electron chi connectivity index (χ4n) is 1.50. The van der Waals surface area contributed by atoms with Crippen molar-refractivity contribution in [3.63, 3.8) is 0 Å². The Kier molecular flexibility index (Phi) is 3.81. The number of aryl methyl sites for hydroxylation is 2. The van der Waals surface area contributed by atoms with Crippen molar-refractivity contribution >= 4 is 5.69 Å². The molecule has 2 nitrogen and oxygen atoms in total. The second-order valence-corrected chi connectivity index (χ2v) is 3.70. The van der Waals surface area contributed by atoms with Gasteiger partial charge in [-0.15, -0.1) is 0 Å². The Labute approximate surface area is 86.1 Å². The first-order chi connectivity index (χ1) is 6.65. The summed E-state index contributed by atoms with van der Waals surface area (Å²) in [5, 5.41) is 0. The highest BCUT2D eigenvalue weighted by Crippen LogP contribution is 2.27. The zero-order chi connectivity index (χ0) is 10.6. The van der Waals surface area contributed by atoms with E-state index in [4.69, 9.17) is 10.5 Å². The maximum Gasteiger partial charge on any atom is 0.145 e. The molecule has 0 aliphatic rings. The van der Waals surface area contributed by atoms with Gasteiger partial charge in [-0.05, 0) is 37.5 Å². The number of hydrogen-bond donors (Lipinski definition) is 1. The average molecular weight is 193 g/mol. The first kappa shape index (κ1) is 10.9. The summed E-state index contributed by atoms with van der Waals surface area (Å²) < 4.78 is 5.64. The molecule has 0 amide bonds. The SMILES string of the molecule is CCCCOc1c(C)cc(C)cc1N. The van der Waals surface area contributed by atoms with Gasteiger partial charge in [0.05, 0.1) is 12.3 Å². The summed E-state index contributed by atoms with van der Waals surface area (Å²) in [5.74, 6) is 0.851. The number of hydrogen-bond acceptors (Lipinski definition) is 2. The molecule has 1 aromatic rings. The third kappa shape index (κ3) is 2.66. The van der Waals surface area contributed by atoms with Crippen molar-refractivity contribution in [3.05, 3.63) is 23.3 Å². The molecule has 0 fully saturated rings. The average Bonchev–Trinajstić information content (AvgIpc) is 2.09. The Hall–Kier alpha value is -1.18. The largest absolute Gasteiger partial charge is 0.491 e. The minimum Gasteiger partial charge on any atom is -0.491 e. The molecule has 0 radical (unpaired) electrons. The second-order valence-electron chi connectivity index (χ2n) is 3.70. The third-order valence-corrected chi connectivity index (χ3v) is 2.19.